The zero-order valence-corrected chi connectivity index (χ0v) is 21.4. The largest absolute Gasteiger partial charge is 0.468 e. The number of nitrogens with zero attached hydrogens (tertiary/aromatic N) is 1. The maximum atomic E-state index is 13.0. The van der Waals surface area contributed by atoms with Crippen LogP contribution >= 0.6 is 23.5 Å². The Balaban J connectivity index is 1.14. The number of hydrogen-bond acceptors (Lipinski definition) is 5. The minimum Gasteiger partial charge on any atom is -0.468 e. The summed E-state index contributed by atoms with van der Waals surface area (Å²) in [6.45, 7) is 2.89. The number of hydrogen-bond donors (Lipinski definition) is 1. The summed E-state index contributed by atoms with van der Waals surface area (Å²) in [6.07, 6.45) is 3.70. The average Bonchev–Trinajstić information content (AvgIpc) is 2.84. The lowest BCUT2D eigenvalue weighted by Gasteiger charge is -2.28. The second-order valence-corrected chi connectivity index (χ2v) is 11.3. The van der Waals surface area contributed by atoms with E-state index in [1.54, 1.807) is 30.2 Å². The molecule has 2 aromatic rings. The van der Waals surface area contributed by atoms with Crippen molar-refractivity contribution in [1.82, 2.24) is 4.90 Å². The summed E-state index contributed by atoms with van der Waals surface area (Å²) in [7, 11) is 0. The number of benzene rings is 2. The zero-order chi connectivity index (χ0) is 24.7. The molecule has 35 heavy (non-hydrogen) atoms. The molecule has 1 unspecified atom stereocenters. The van der Waals surface area contributed by atoms with Gasteiger partial charge in [0, 0.05) is 29.5 Å². The molecule has 2 heterocycles. The minimum absolute atomic E-state index is 0.558. The summed E-state index contributed by atoms with van der Waals surface area (Å²) < 4.78 is 44.7. The van der Waals surface area contributed by atoms with E-state index in [1.807, 2.05) is 30.0 Å². The molecule has 0 aliphatic carbocycles. The van der Waals surface area contributed by atoms with Crippen molar-refractivity contribution in [2.24, 2.45) is 0 Å². The molecule has 1 saturated heterocycles. The molecule has 1 atom stereocenters. The lowest BCUT2D eigenvalue weighted by atomic mass is 10.0. The third-order valence-electron chi connectivity index (χ3n) is 6.35. The Bertz CT molecular complexity index is 1050. The maximum absolute atomic E-state index is 13.0. The van der Waals surface area contributed by atoms with Crippen molar-refractivity contribution in [3.63, 3.8) is 0 Å². The van der Waals surface area contributed by atoms with E-state index in [-0.39, 0.29) is 0 Å². The maximum Gasteiger partial charge on any atom is 0.416 e. The minimum atomic E-state index is -4.32. The smallest absolute Gasteiger partial charge is 0.416 e. The normalized spacial score (nSPS) is 19.4. The van der Waals surface area contributed by atoms with Gasteiger partial charge in [-0.3, -0.25) is 4.90 Å². The topological polar surface area (TPSA) is 32.7 Å². The van der Waals surface area contributed by atoms with Crippen LogP contribution in [0.15, 0.2) is 65.0 Å². The van der Waals surface area contributed by atoms with Gasteiger partial charge < -0.3 is 9.84 Å². The molecule has 2 aliphatic heterocycles. The third-order valence-corrected chi connectivity index (χ3v) is 8.46. The van der Waals surface area contributed by atoms with Crippen LogP contribution in [0.5, 0.6) is 0 Å². The third kappa shape index (κ3) is 7.68. The van der Waals surface area contributed by atoms with Crippen LogP contribution in [0.2, 0.25) is 0 Å². The van der Waals surface area contributed by atoms with Crippen molar-refractivity contribution < 1.29 is 23.0 Å². The van der Waals surface area contributed by atoms with Crippen LogP contribution in [0.25, 0.3) is 10.8 Å². The number of rotatable bonds is 10. The van der Waals surface area contributed by atoms with E-state index in [0.29, 0.717) is 5.39 Å². The molecule has 2 aliphatic rings. The van der Waals surface area contributed by atoms with Crippen molar-refractivity contribution in [2.75, 3.05) is 36.9 Å². The summed E-state index contributed by atoms with van der Waals surface area (Å²) in [6, 6.07) is 9.50. The molecule has 2 aromatic carbocycles. The summed E-state index contributed by atoms with van der Waals surface area (Å²) in [4.78, 5) is 3.39. The molecule has 0 amide bonds. The van der Waals surface area contributed by atoms with Crippen molar-refractivity contribution >= 4 is 34.3 Å². The molecule has 1 N–H and O–H groups in total. The molecule has 0 radical (unpaired) electrons. The van der Waals surface area contributed by atoms with Crippen LogP contribution in [-0.4, -0.2) is 53.0 Å². The van der Waals surface area contributed by atoms with Gasteiger partial charge in [-0.05, 0) is 65.6 Å². The molecular weight excluding hydrogens is 491 g/mol. The van der Waals surface area contributed by atoms with Gasteiger partial charge in [0.1, 0.15) is 5.76 Å². The van der Waals surface area contributed by atoms with Crippen LogP contribution in [0, 0.1) is 0 Å². The zero-order valence-electron chi connectivity index (χ0n) is 19.7. The number of unbranched alkanes of at least 4 members (excludes halogenated alkanes) is 3. The molecule has 0 aromatic heterocycles. The van der Waals surface area contributed by atoms with Crippen molar-refractivity contribution in [3.8, 4) is 0 Å². The first kappa shape index (κ1) is 26.5. The van der Waals surface area contributed by atoms with Crippen LogP contribution in [0.4, 0.5) is 13.2 Å². The van der Waals surface area contributed by atoms with Gasteiger partial charge in [-0.1, -0.05) is 31.0 Å². The van der Waals surface area contributed by atoms with Crippen molar-refractivity contribution in [1.29, 1.82) is 0 Å². The fourth-order valence-electron chi connectivity index (χ4n) is 4.34. The van der Waals surface area contributed by atoms with Crippen molar-refractivity contribution in [3.05, 3.63) is 65.6 Å². The number of aliphatic hydroxyl groups is 1. The van der Waals surface area contributed by atoms with E-state index in [0.717, 1.165) is 96.7 Å². The Kier molecular flexibility index (Phi) is 9.50. The number of aliphatic hydroxyl groups excluding tert-OH is 1. The second kappa shape index (κ2) is 12.6. The number of ether oxygens (including phenoxy) is 1. The van der Waals surface area contributed by atoms with Gasteiger partial charge in [0.15, 0.2) is 0 Å². The average molecular weight is 524 g/mol. The van der Waals surface area contributed by atoms with Gasteiger partial charge in [-0.2, -0.15) is 24.9 Å². The lowest BCUT2D eigenvalue weighted by molar-refractivity contribution is -0.137. The molecule has 0 spiro atoms. The van der Waals surface area contributed by atoms with Gasteiger partial charge in [-0.25, -0.2) is 0 Å². The second-order valence-electron chi connectivity index (χ2n) is 8.98. The SMILES string of the molecule is OC1C=C(CN2CCSCC2)OC=C1CCCCCCSc1cccc2cc(C(F)(F)F)ccc12. The van der Waals surface area contributed by atoms with Gasteiger partial charge in [0.2, 0.25) is 0 Å². The first-order chi connectivity index (χ1) is 16.9. The van der Waals surface area contributed by atoms with E-state index < -0.39 is 17.8 Å². The van der Waals surface area contributed by atoms with Gasteiger partial charge in [-0.15, -0.1) is 11.8 Å². The van der Waals surface area contributed by atoms with Crippen LogP contribution in [0.1, 0.15) is 37.7 Å². The quantitative estimate of drug-likeness (QED) is 0.265. The first-order valence-corrected chi connectivity index (χ1v) is 14.3. The summed E-state index contributed by atoms with van der Waals surface area (Å²) in [5, 5.41) is 12.0. The molecule has 1 fully saturated rings. The predicted octanol–water partition coefficient (Wildman–Crippen LogP) is 7.11. The van der Waals surface area contributed by atoms with E-state index in [4.69, 9.17) is 4.74 Å². The molecular formula is C27H32F3NO2S2. The number of halogens is 3. The predicted molar refractivity (Wildman–Crippen MR) is 140 cm³/mol. The van der Waals surface area contributed by atoms with Gasteiger partial charge in [0.25, 0.3) is 0 Å². The first-order valence-electron chi connectivity index (χ1n) is 12.2. The Labute approximate surface area is 213 Å². The molecule has 190 valence electrons. The molecule has 4 rings (SSSR count). The number of alkyl halides is 3. The Morgan fingerprint density at radius 1 is 1.06 bits per heavy atom. The molecule has 0 saturated carbocycles. The molecule has 8 heteroatoms. The van der Waals surface area contributed by atoms with E-state index in [2.05, 4.69) is 4.90 Å². The summed E-state index contributed by atoms with van der Waals surface area (Å²) in [5.74, 6) is 4.07. The van der Waals surface area contributed by atoms with Crippen molar-refractivity contribution in [2.45, 2.75) is 49.3 Å². The van der Waals surface area contributed by atoms with E-state index in [1.165, 1.54) is 6.07 Å². The fraction of sp³-hybridized carbons (Fsp3) is 0.481. The summed E-state index contributed by atoms with van der Waals surface area (Å²) >= 11 is 3.68. The van der Waals surface area contributed by atoms with E-state index >= 15 is 0 Å². The van der Waals surface area contributed by atoms with Gasteiger partial charge in [0.05, 0.1) is 24.5 Å². The van der Waals surface area contributed by atoms with Crippen LogP contribution < -0.4 is 0 Å². The number of thioether (sulfide) groups is 2. The highest BCUT2D eigenvalue weighted by molar-refractivity contribution is 7.99. The highest BCUT2D eigenvalue weighted by Gasteiger charge is 2.30. The number of fused-ring (bicyclic) bond motifs is 1. The monoisotopic (exact) mass is 523 g/mol. The van der Waals surface area contributed by atoms with E-state index in [9.17, 15) is 18.3 Å². The van der Waals surface area contributed by atoms with Crippen LogP contribution in [-0.2, 0) is 10.9 Å². The fourth-order valence-corrected chi connectivity index (χ4v) is 6.41. The van der Waals surface area contributed by atoms with Gasteiger partial charge >= 0.3 is 6.18 Å². The Morgan fingerprint density at radius 2 is 1.86 bits per heavy atom. The Hall–Kier alpha value is -1.61. The highest BCUT2D eigenvalue weighted by atomic mass is 32.2. The highest BCUT2D eigenvalue weighted by Crippen LogP contribution is 2.35. The standard InChI is InChI=1S/C27H32F3NO2S2/c28-27(29,30)22-9-10-24-20(16-22)7-5-8-26(24)35-13-4-2-1-3-6-21-19-33-23(17-25(21)32)18-31-11-14-34-15-12-31/h5,7-10,16-17,19,25,32H,1-4,6,11-15,18H2. The lowest BCUT2D eigenvalue weighted by Crippen LogP contribution is -2.35. The molecule has 0 bridgehead atoms. The summed E-state index contributed by atoms with van der Waals surface area (Å²) in [5.41, 5.74) is 0.329. The molecule has 3 nitrogen and oxygen atoms in total. The Morgan fingerprint density at radius 3 is 2.63 bits per heavy atom. The van der Waals surface area contributed by atoms with Crippen LogP contribution in [0.3, 0.4) is 0 Å².